The minimum absolute atomic E-state index is 0.167. The first-order chi connectivity index (χ1) is 8.93. The molecule has 0 aliphatic rings. The van der Waals surface area contributed by atoms with Gasteiger partial charge >= 0.3 is 0 Å². The molecule has 1 nitrogen and oxygen atoms in total. The van der Waals surface area contributed by atoms with E-state index in [-0.39, 0.29) is 10.0 Å². The van der Waals surface area contributed by atoms with Crippen LogP contribution < -0.4 is 0 Å². The largest absolute Gasteiger partial charge is 0.206 e. The standard InChI is InChI=1S/C13H4BrF4N/c14-7-3-11(17)13(12(18)4-7)6-1-9(15)8(5-19)10(16)2-6/h1-4H. The lowest BCUT2D eigenvalue weighted by atomic mass is 10.0. The highest BCUT2D eigenvalue weighted by Gasteiger charge is 2.17. The molecule has 0 heterocycles. The van der Waals surface area contributed by atoms with Gasteiger partial charge in [0.05, 0.1) is 5.56 Å². The van der Waals surface area contributed by atoms with E-state index in [9.17, 15) is 17.6 Å². The second-order valence-electron chi connectivity index (χ2n) is 3.67. The van der Waals surface area contributed by atoms with E-state index in [2.05, 4.69) is 15.9 Å². The third kappa shape index (κ3) is 2.47. The monoisotopic (exact) mass is 329 g/mol. The summed E-state index contributed by atoms with van der Waals surface area (Å²) in [5.74, 6) is -4.26. The molecule has 0 unspecified atom stereocenters. The molecule has 0 fully saturated rings. The summed E-state index contributed by atoms with van der Waals surface area (Å²) in [5, 5.41) is 8.52. The Balaban J connectivity index is 2.71. The summed E-state index contributed by atoms with van der Waals surface area (Å²) in [6.45, 7) is 0. The number of nitrogens with zero attached hydrogens (tertiary/aromatic N) is 1. The van der Waals surface area contributed by atoms with Crippen LogP contribution in [0.3, 0.4) is 0 Å². The van der Waals surface area contributed by atoms with Crippen molar-refractivity contribution < 1.29 is 17.6 Å². The van der Waals surface area contributed by atoms with Crippen molar-refractivity contribution in [2.75, 3.05) is 0 Å². The zero-order valence-corrected chi connectivity index (χ0v) is 10.7. The molecule has 0 saturated carbocycles. The number of hydrogen-bond donors (Lipinski definition) is 0. The van der Waals surface area contributed by atoms with Crippen LogP contribution in [0.15, 0.2) is 28.7 Å². The van der Waals surface area contributed by atoms with Gasteiger partial charge in [-0.25, -0.2) is 17.6 Å². The molecule has 0 aliphatic heterocycles. The summed E-state index contributed by atoms with van der Waals surface area (Å²) in [7, 11) is 0. The van der Waals surface area contributed by atoms with Gasteiger partial charge < -0.3 is 0 Å². The topological polar surface area (TPSA) is 23.8 Å². The average molecular weight is 330 g/mol. The molecule has 0 atom stereocenters. The molecular formula is C13H4BrF4N. The minimum Gasteiger partial charge on any atom is -0.206 e. The SMILES string of the molecule is N#Cc1c(F)cc(-c2c(F)cc(Br)cc2F)cc1F. The molecular weight excluding hydrogens is 326 g/mol. The predicted molar refractivity (Wildman–Crippen MR) is 64.1 cm³/mol. The van der Waals surface area contributed by atoms with Crippen molar-refractivity contribution in [3.8, 4) is 17.2 Å². The van der Waals surface area contributed by atoms with Crippen LogP contribution in [0.1, 0.15) is 5.56 Å². The Labute approximate surface area is 114 Å². The molecule has 0 spiro atoms. The quantitative estimate of drug-likeness (QED) is 0.704. The lowest BCUT2D eigenvalue weighted by Crippen LogP contribution is -1.96. The van der Waals surface area contributed by atoms with Gasteiger partial charge in [-0.2, -0.15) is 5.26 Å². The second-order valence-corrected chi connectivity index (χ2v) is 4.59. The summed E-state index contributed by atoms with van der Waals surface area (Å²) >= 11 is 2.90. The fourth-order valence-corrected chi connectivity index (χ4v) is 2.04. The third-order valence-corrected chi connectivity index (χ3v) is 2.91. The van der Waals surface area contributed by atoms with Crippen LogP contribution >= 0.6 is 15.9 Å². The van der Waals surface area contributed by atoms with E-state index >= 15 is 0 Å². The van der Waals surface area contributed by atoms with Gasteiger partial charge in [-0.15, -0.1) is 0 Å². The highest BCUT2D eigenvalue weighted by atomic mass is 79.9. The summed E-state index contributed by atoms with van der Waals surface area (Å²) < 4.78 is 54.3. The van der Waals surface area contributed by atoms with E-state index < -0.39 is 34.4 Å². The first kappa shape index (κ1) is 13.6. The fraction of sp³-hybridized carbons (Fsp3) is 0. The first-order valence-electron chi connectivity index (χ1n) is 4.98. The van der Waals surface area contributed by atoms with Crippen LogP contribution in [0.25, 0.3) is 11.1 Å². The maximum atomic E-state index is 13.7. The van der Waals surface area contributed by atoms with Crippen molar-refractivity contribution in [1.82, 2.24) is 0 Å². The van der Waals surface area contributed by atoms with Gasteiger partial charge in [0.15, 0.2) is 0 Å². The smallest absolute Gasteiger partial charge is 0.144 e. The maximum Gasteiger partial charge on any atom is 0.144 e. The van der Waals surface area contributed by atoms with Gasteiger partial charge in [-0.05, 0) is 29.8 Å². The molecule has 6 heteroatoms. The summed E-state index contributed by atoms with van der Waals surface area (Å²) in [5.41, 5.74) is -1.65. The van der Waals surface area contributed by atoms with Crippen LogP contribution in [0, 0.1) is 34.6 Å². The molecule has 2 rings (SSSR count). The third-order valence-electron chi connectivity index (χ3n) is 2.45. The van der Waals surface area contributed by atoms with Crippen molar-refractivity contribution in [1.29, 1.82) is 5.26 Å². The van der Waals surface area contributed by atoms with E-state index in [1.165, 1.54) is 6.07 Å². The highest BCUT2D eigenvalue weighted by molar-refractivity contribution is 9.10. The molecule has 0 aromatic heterocycles. The molecule has 2 aromatic carbocycles. The summed E-state index contributed by atoms with van der Waals surface area (Å²) in [4.78, 5) is 0. The van der Waals surface area contributed by atoms with Gasteiger partial charge in [-0.3, -0.25) is 0 Å². The molecule has 0 N–H and O–H groups in total. The summed E-state index contributed by atoms with van der Waals surface area (Å²) in [6.07, 6.45) is 0. The average Bonchev–Trinajstić information content (AvgIpc) is 2.26. The van der Waals surface area contributed by atoms with Crippen LogP contribution in [-0.4, -0.2) is 0 Å². The normalized spacial score (nSPS) is 10.3. The maximum absolute atomic E-state index is 13.7. The fourth-order valence-electron chi connectivity index (χ4n) is 1.64. The van der Waals surface area contributed by atoms with Crippen molar-refractivity contribution in [3.05, 3.63) is 57.6 Å². The Morgan fingerprint density at radius 3 is 1.74 bits per heavy atom. The van der Waals surface area contributed by atoms with Crippen molar-refractivity contribution >= 4 is 15.9 Å². The Bertz CT molecular complexity index is 660. The number of nitriles is 1. The van der Waals surface area contributed by atoms with Gasteiger partial charge in [-0.1, -0.05) is 15.9 Å². The number of benzene rings is 2. The van der Waals surface area contributed by atoms with E-state index in [1.807, 2.05) is 0 Å². The first-order valence-corrected chi connectivity index (χ1v) is 5.77. The van der Waals surface area contributed by atoms with Gasteiger partial charge in [0.25, 0.3) is 0 Å². The molecule has 0 bridgehead atoms. The summed E-state index contributed by atoms with van der Waals surface area (Å²) in [6, 6.07) is 4.73. The lowest BCUT2D eigenvalue weighted by Gasteiger charge is -2.07. The lowest BCUT2D eigenvalue weighted by molar-refractivity contribution is 0.573. The Morgan fingerprint density at radius 2 is 1.32 bits per heavy atom. The van der Waals surface area contributed by atoms with Crippen molar-refractivity contribution in [3.63, 3.8) is 0 Å². The number of rotatable bonds is 1. The number of halogens is 5. The second kappa shape index (κ2) is 5.02. The molecule has 0 amide bonds. The van der Waals surface area contributed by atoms with Crippen LogP contribution in [0.4, 0.5) is 17.6 Å². The van der Waals surface area contributed by atoms with Gasteiger partial charge in [0.1, 0.15) is 34.9 Å². The zero-order chi connectivity index (χ0) is 14.2. The zero-order valence-electron chi connectivity index (χ0n) is 9.15. The van der Waals surface area contributed by atoms with E-state index in [1.54, 1.807) is 0 Å². The molecule has 19 heavy (non-hydrogen) atoms. The van der Waals surface area contributed by atoms with Crippen LogP contribution in [0.2, 0.25) is 0 Å². The molecule has 0 radical (unpaired) electrons. The van der Waals surface area contributed by atoms with Gasteiger partial charge in [0, 0.05) is 4.47 Å². The number of hydrogen-bond acceptors (Lipinski definition) is 1. The Morgan fingerprint density at radius 1 is 0.842 bits per heavy atom. The predicted octanol–water partition coefficient (Wildman–Crippen LogP) is 4.54. The van der Waals surface area contributed by atoms with E-state index in [0.29, 0.717) is 0 Å². The molecule has 96 valence electrons. The van der Waals surface area contributed by atoms with Crippen LogP contribution in [0.5, 0.6) is 0 Å². The molecule has 2 aromatic rings. The molecule has 0 saturated heterocycles. The van der Waals surface area contributed by atoms with Gasteiger partial charge in [0.2, 0.25) is 0 Å². The van der Waals surface area contributed by atoms with E-state index in [4.69, 9.17) is 5.26 Å². The minimum atomic E-state index is -1.17. The molecule has 0 aliphatic carbocycles. The van der Waals surface area contributed by atoms with Crippen molar-refractivity contribution in [2.45, 2.75) is 0 Å². The van der Waals surface area contributed by atoms with E-state index in [0.717, 1.165) is 24.3 Å². The Hall–Kier alpha value is -1.87. The van der Waals surface area contributed by atoms with Crippen molar-refractivity contribution in [2.24, 2.45) is 0 Å². The highest BCUT2D eigenvalue weighted by Crippen LogP contribution is 2.31. The van der Waals surface area contributed by atoms with Crippen LogP contribution in [-0.2, 0) is 0 Å². The Kier molecular flexibility index (Phi) is 3.58.